The maximum absolute atomic E-state index is 12.3. The molecule has 0 radical (unpaired) electrons. The van der Waals surface area contributed by atoms with Crippen LogP contribution in [0.5, 0.6) is 11.5 Å². The van der Waals surface area contributed by atoms with Crippen molar-refractivity contribution in [3.63, 3.8) is 0 Å². The van der Waals surface area contributed by atoms with Crippen LogP contribution < -0.4 is 19.7 Å². The van der Waals surface area contributed by atoms with Crippen LogP contribution in [-0.2, 0) is 0 Å². The number of carbonyl (C=O) groups is 1. The second kappa shape index (κ2) is 8.89. The largest absolute Gasteiger partial charge is 0.493 e. The summed E-state index contributed by atoms with van der Waals surface area (Å²) in [5.41, 5.74) is 0. The van der Waals surface area contributed by atoms with Crippen LogP contribution in [0.4, 0.5) is 10.7 Å². The molecule has 26 heavy (non-hydrogen) atoms. The van der Waals surface area contributed by atoms with Crippen molar-refractivity contribution in [3.05, 3.63) is 42.7 Å². The first kappa shape index (κ1) is 17.8. The Kier molecular flexibility index (Phi) is 6.08. The third-order valence-electron chi connectivity index (χ3n) is 4.11. The summed E-state index contributed by atoms with van der Waals surface area (Å²) in [4.78, 5) is 24.6. The Morgan fingerprint density at radius 1 is 1.08 bits per heavy atom. The fourth-order valence-electron chi connectivity index (χ4n) is 2.73. The highest BCUT2D eigenvalue weighted by Crippen LogP contribution is 2.25. The van der Waals surface area contributed by atoms with Gasteiger partial charge in [0.25, 0.3) is 0 Å². The van der Waals surface area contributed by atoms with E-state index in [1.807, 2.05) is 24.3 Å². The van der Waals surface area contributed by atoms with Crippen molar-refractivity contribution >= 4 is 12.0 Å². The Morgan fingerprint density at radius 2 is 1.77 bits per heavy atom. The minimum atomic E-state index is -0.0812. The van der Waals surface area contributed by atoms with Gasteiger partial charge in [0.2, 0.25) is 5.95 Å². The van der Waals surface area contributed by atoms with Gasteiger partial charge in [-0.1, -0.05) is 12.1 Å². The zero-order chi connectivity index (χ0) is 18.2. The summed E-state index contributed by atoms with van der Waals surface area (Å²) in [6.45, 7) is 3.52. The standard InChI is InChI=1S/C18H23N5O3/c1-25-15-5-2-3-6-16(15)26-14-9-21-18(24)23-12-10-22(11-13-23)17-19-7-4-8-20-17/h2-8H,9-14H2,1H3,(H,21,24). The van der Waals surface area contributed by atoms with E-state index in [1.165, 1.54) is 0 Å². The topological polar surface area (TPSA) is 79.8 Å². The van der Waals surface area contributed by atoms with Crippen molar-refractivity contribution < 1.29 is 14.3 Å². The van der Waals surface area contributed by atoms with E-state index in [0.29, 0.717) is 43.7 Å². The number of urea groups is 1. The number of para-hydroxylation sites is 2. The molecule has 8 nitrogen and oxygen atoms in total. The van der Waals surface area contributed by atoms with Gasteiger partial charge in [0.15, 0.2) is 11.5 Å². The van der Waals surface area contributed by atoms with Crippen LogP contribution >= 0.6 is 0 Å². The average Bonchev–Trinajstić information content (AvgIpc) is 2.72. The van der Waals surface area contributed by atoms with E-state index in [0.717, 1.165) is 13.1 Å². The number of carbonyl (C=O) groups excluding carboxylic acids is 1. The molecule has 1 aliphatic heterocycles. The number of amides is 2. The van der Waals surface area contributed by atoms with Crippen LogP contribution in [0.15, 0.2) is 42.7 Å². The first-order chi connectivity index (χ1) is 12.8. The van der Waals surface area contributed by atoms with Gasteiger partial charge in [0.1, 0.15) is 6.61 Å². The number of anilines is 1. The Balaban J connectivity index is 1.38. The molecule has 1 aliphatic rings. The van der Waals surface area contributed by atoms with E-state index >= 15 is 0 Å². The van der Waals surface area contributed by atoms with Crippen molar-refractivity contribution in [2.45, 2.75) is 0 Å². The van der Waals surface area contributed by atoms with E-state index in [4.69, 9.17) is 9.47 Å². The molecule has 0 saturated carbocycles. The highest BCUT2D eigenvalue weighted by molar-refractivity contribution is 5.74. The first-order valence-corrected chi connectivity index (χ1v) is 8.58. The summed E-state index contributed by atoms with van der Waals surface area (Å²) in [5.74, 6) is 2.05. The van der Waals surface area contributed by atoms with Crippen molar-refractivity contribution in [1.82, 2.24) is 20.2 Å². The molecule has 0 aliphatic carbocycles. The van der Waals surface area contributed by atoms with Crippen molar-refractivity contribution in [1.29, 1.82) is 0 Å². The molecule has 1 fully saturated rings. The van der Waals surface area contributed by atoms with E-state index < -0.39 is 0 Å². The SMILES string of the molecule is COc1ccccc1OCCNC(=O)N1CCN(c2ncccn2)CC1. The van der Waals surface area contributed by atoms with Crippen molar-refractivity contribution in [2.24, 2.45) is 0 Å². The molecule has 2 amide bonds. The predicted octanol–water partition coefficient (Wildman–Crippen LogP) is 1.40. The van der Waals surface area contributed by atoms with E-state index in [-0.39, 0.29) is 6.03 Å². The van der Waals surface area contributed by atoms with Gasteiger partial charge in [-0.05, 0) is 18.2 Å². The van der Waals surface area contributed by atoms with Gasteiger partial charge in [0.05, 0.1) is 13.7 Å². The van der Waals surface area contributed by atoms with Gasteiger partial charge >= 0.3 is 6.03 Å². The zero-order valence-electron chi connectivity index (χ0n) is 14.8. The molecule has 1 saturated heterocycles. The second-order valence-corrected chi connectivity index (χ2v) is 5.75. The molecule has 1 N–H and O–H groups in total. The van der Waals surface area contributed by atoms with Gasteiger partial charge in [-0.25, -0.2) is 14.8 Å². The number of hydrogen-bond acceptors (Lipinski definition) is 6. The lowest BCUT2D eigenvalue weighted by Crippen LogP contribution is -2.52. The second-order valence-electron chi connectivity index (χ2n) is 5.75. The molecule has 2 aromatic rings. The molecule has 0 unspecified atom stereocenters. The molecule has 0 atom stereocenters. The Labute approximate surface area is 152 Å². The van der Waals surface area contributed by atoms with Crippen molar-refractivity contribution in [3.8, 4) is 11.5 Å². The highest BCUT2D eigenvalue weighted by Gasteiger charge is 2.22. The molecule has 0 bridgehead atoms. The zero-order valence-corrected chi connectivity index (χ0v) is 14.8. The third kappa shape index (κ3) is 4.53. The van der Waals surface area contributed by atoms with E-state index in [2.05, 4.69) is 20.2 Å². The number of piperazine rings is 1. The van der Waals surface area contributed by atoms with Crippen LogP contribution in [0.1, 0.15) is 0 Å². The average molecular weight is 357 g/mol. The maximum atomic E-state index is 12.3. The highest BCUT2D eigenvalue weighted by atomic mass is 16.5. The van der Waals surface area contributed by atoms with Gasteiger partial charge in [-0.2, -0.15) is 0 Å². The summed E-state index contributed by atoms with van der Waals surface area (Å²) in [5, 5.41) is 2.89. The summed E-state index contributed by atoms with van der Waals surface area (Å²) < 4.78 is 10.9. The van der Waals surface area contributed by atoms with Gasteiger partial charge in [0, 0.05) is 38.6 Å². The number of aromatic nitrogens is 2. The fraction of sp³-hybridized carbons (Fsp3) is 0.389. The lowest BCUT2D eigenvalue weighted by molar-refractivity contribution is 0.191. The van der Waals surface area contributed by atoms with Crippen LogP contribution in [0, 0.1) is 0 Å². The van der Waals surface area contributed by atoms with Gasteiger partial charge in [-0.15, -0.1) is 0 Å². The number of ether oxygens (including phenoxy) is 2. The number of nitrogens with one attached hydrogen (secondary N) is 1. The minimum absolute atomic E-state index is 0.0812. The number of nitrogens with zero attached hydrogens (tertiary/aromatic N) is 4. The number of rotatable bonds is 6. The van der Waals surface area contributed by atoms with Gasteiger partial charge in [-0.3, -0.25) is 0 Å². The van der Waals surface area contributed by atoms with E-state index in [1.54, 1.807) is 30.5 Å². The maximum Gasteiger partial charge on any atom is 0.317 e. The quantitative estimate of drug-likeness (QED) is 0.787. The monoisotopic (exact) mass is 357 g/mol. The number of methoxy groups -OCH3 is 1. The molecular formula is C18H23N5O3. The molecule has 1 aromatic heterocycles. The minimum Gasteiger partial charge on any atom is -0.493 e. The van der Waals surface area contributed by atoms with Gasteiger partial charge < -0.3 is 24.6 Å². The predicted molar refractivity (Wildman–Crippen MR) is 97.7 cm³/mol. The number of hydrogen-bond donors (Lipinski definition) is 1. The molecule has 0 spiro atoms. The van der Waals surface area contributed by atoms with Crippen LogP contribution in [0.2, 0.25) is 0 Å². The van der Waals surface area contributed by atoms with Crippen LogP contribution in [-0.4, -0.2) is 67.3 Å². The van der Waals surface area contributed by atoms with Crippen LogP contribution in [0.3, 0.4) is 0 Å². The fourth-order valence-corrected chi connectivity index (χ4v) is 2.73. The Bertz CT molecular complexity index is 705. The normalized spacial score (nSPS) is 14.0. The summed E-state index contributed by atoms with van der Waals surface area (Å²) in [6, 6.07) is 9.15. The summed E-state index contributed by atoms with van der Waals surface area (Å²) in [7, 11) is 1.60. The molecule has 2 heterocycles. The first-order valence-electron chi connectivity index (χ1n) is 8.58. The van der Waals surface area contributed by atoms with Crippen molar-refractivity contribution in [2.75, 3.05) is 51.3 Å². The lowest BCUT2D eigenvalue weighted by Gasteiger charge is -2.34. The Hall–Kier alpha value is -3.03. The Morgan fingerprint density at radius 3 is 2.46 bits per heavy atom. The lowest BCUT2D eigenvalue weighted by atomic mass is 10.3. The van der Waals surface area contributed by atoms with Crippen LogP contribution in [0.25, 0.3) is 0 Å². The molecule has 1 aromatic carbocycles. The summed E-state index contributed by atoms with van der Waals surface area (Å²) in [6.07, 6.45) is 3.45. The smallest absolute Gasteiger partial charge is 0.317 e. The molecule has 3 rings (SSSR count). The molecular weight excluding hydrogens is 334 g/mol. The molecule has 138 valence electrons. The third-order valence-corrected chi connectivity index (χ3v) is 4.11. The van der Waals surface area contributed by atoms with E-state index in [9.17, 15) is 4.79 Å². The molecule has 8 heteroatoms. The summed E-state index contributed by atoms with van der Waals surface area (Å²) >= 11 is 0. The number of benzene rings is 1.